The summed E-state index contributed by atoms with van der Waals surface area (Å²) in [5.41, 5.74) is 0.770. The summed E-state index contributed by atoms with van der Waals surface area (Å²) in [4.78, 5) is 12.2. The molecule has 0 aromatic heterocycles. The number of hydrogen-bond acceptors (Lipinski definition) is 3. The SMILES string of the molecule is O=C(Nc1ccc2c(c1)N(S(=O)(=O)c1ccc(F)cc1)CCC2)Nc1c(F)cccc1F. The van der Waals surface area contributed by atoms with Gasteiger partial charge in [-0.3, -0.25) is 4.31 Å². The molecule has 2 N–H and O–H groups in total. The fourth-order valence-electron chi connectivity index (χ4n) is 3.50. The average Bonchev–Trinajstić information content (AvgIpc) is 2.76. The van der Waals surface area contributed by atoms with Gasteiger partial charge in [-0.1, -0.05) is 12.1 Å². The number of halogens is 3. The zero-order valence-electron chi connectivity index (χ0n) is 16.6. The van der Waals surface area contributed by atoms with E-state index in [1.165, 1.54) is 28.6 Å². The first-order valence-electron chi connectivity index (χ1n) is 9.69. The van der Waals surface area contributed by atoms with E-state index in [9.17, 15) is 26.4 Å². The van der Waals surface area contributed by atoms with Gasteiger partial charge in [0.15, 0.2) is 0 Å². The summed E-state index contributed by atoms with van der Waals surface area (Å²) < 4.78 is 68.2. The van der Waals surface area contributed by atoms with E-state index in [0.717, 1.165) is 29.8 Å². The molecule has 0 saturated heterocycles. The van der Waals surface area contributed by atoms with Crippen LogP contribution in [0.2, 0.25) is 0 Å². The third kappa shape index (κ3) is 4.26. The zero-order valence-corrected chi connectivity index (χ0v) is 17.4. The number of nitrogens with zero attached hydrogens (tertiary/aromatic N) is 1. The first kappa shape index (κ1) is 21.7. The molecule has 0 fully saturated rings. The highest BCUT2D eigenvalue weighted by atomic mass is 32.2. The number of urea groups is 1. The van der Waals surface area contributed by atoms with Crippen LogP contribution in [0.15, 0.2) is 65.6 Å². The van der Waals surface area contributed by atoms with Crippen molar-refractivity contribution in [3.63, 3.8) is 0 Å². The van der Waals surface area contributed by atoms with Gasteiger partial charge in [0, 0.05) is 12.2 Å². The van der Waals surface area contributed by atoms with Gasteiger partial charge in [-0.25, -0.2) is 26.4 Å². The maximum absolute atomic E-state index is 13.8. The molecule has 0 radical (unpaired) electrons. The fraction of sp³-hybridized carbons (Fsp3) is 0.136. The number of para-hydroxylation sites is 1. The molecule has 0 bridgehead atoms. The maximum Gasteiger partial charge on any atom is 0.323 e. The molecule has 0 unspecified atom stereocenters. The Bertz CT molecular complexity index is 1260. The summed E-state index contributed by atoms with van der Waals surface area (Å²) in [5, 5.41) is 4.57. The van der Waals surface area contributed by atoms with Crippen LogP contribution in [0.1, 0.15) is 12.0 Å². The molecule has 4 rings (SSSR count). The van der Waals surface area contributed by atoms with Crippen molar-refractivity contribution in [3.05, 3.63) is 83.7 Å². The Morgan fingerprint density at radius 3 is 2.28 bits per heavy atom. The number of benzene rings is 3. The summed E-state index contributed by atoms with van der Waals surface area (Å²) in [6, 6.07) is 11.6. The molecule has 2 amide bonds. The number of fused-ring (bicyclic) bond motifs is 1. The van der Waals surface area contributed by atoms with Crippen molar-refractivity contribution in [1.29, 1.82) is 0 Å². The number of carbonyl (C=O) groups excluding carboxylic acids is 1. The molecule has 1 aliphatic heterocycles. The van der Waals surface area contributed by atoms with Crippen LogP contribution in [0.25, 0.3) is 0 Å². The van der Waals surface area contributed by atoms with Crippen molar-refractivity contribution in [3.8, 4) is 0 Å². The molecule has 0 saturated carbocycles. The van der Waals surface area contributed by atoms with E-state index >= 15 is 0 Å². The molecule has 1 aliphatic rings. The van der Waals surface area contributed by atoms with E-state index in [1.54, 1.807) is 12.1 Å². The van der Waals surface area contributed by atoms with Gasteiger partial charge in [-0.15, -0.1) is 0 Å². The molecule has 166 valence electrons. The molecule has 3 aromatic rings. The van der Waals surface area contributed by atoms with Crippen LogP contribution in [0.4, 0.5) is 35.0 Å². The second kappa shape index (κ2) is 8.54. The predicted molar refractivity (Wildman–Crippen MR) is 115 cm³/mol. The number of aryl methyl sites for hydroxylation is 1. The second-order valence-corrected chi connectivity index (χ2v) is 9.02. The third-order valence-electron chi connectivity index (χ3n) is 5.02. The molecule has 0 aliphatic carbocycles. The number of amides is 2. The van der Waals surface area contributed by atoms with Crippen molar-refractivity contribution >= 4 is 33.1 Å². The lowest BCUT2D eigenvalue weighted by Gasteiger charge is -2.31. The normalized spacial score (nSPS) is 13.4. The highest BCUT2D eigenvalue weighted by Crippen LogP contribution is 2.34. The van der Waals surface area contributed by atoms with E-state index in [4.69, 9.17) is 0 Å². The van der Waals surface area contributed by atoms with E-state index < -0.39 is 39.2 Å². The Labute approximate surface area is 182 Å². The first-order valence-corrected chi connectivity index (χ1v) is 11.1. The van der Waals surface area contributed by atoms with Crippen LogP contribution in [0, 0.1) is 17.5 Å². The fourth-order valence-corrected chi connectivity index (χ4v) is 5.03. The Balaban J connectivity index is 1.60. The first-order chi connectivity index (χ1) is 15.3. The van der Waals surface area contributed by atoms with Gasteiger partial charge in [-0.05, 0) is 66.9 Å². The number of carbonyl (C=O) groups is 1. The van der Waals surface area contributed by atoms with Crippen molar-refractivity contribution in [1.82, 2.24) is 0 Å². The number of nitrogens with one attached hydrogen (secondary N) is 2. The molecule has 3 aromatic carbocycles. The van der Waals surface area contributed by atoms with Crippen LogP contribution in [-0.2, 0) is 16.4 Å². The van der Waals surface area contributed by atoms with Crippen LogP contribution in [0.5, 0.6) is 0 Å². The minimum Gasteiger partial charge on any atom is -0.308 e. The number of anilines is 3. The molecular weight excluding hydrogens is 443 g/mol. The average molecular weight is 461 g/mol. The van der Waals surface area contributed by atoms with E-state index in [-0.39, 0.29) is 17.1 Å². The van der Waals surface area contributed by atoms with Gasteiger partial charge in [0.1, 0.15) is 23.1 Å². The Hall–Kier alpha value is -3.53. The molecule has 1 heterocycles. The lowest BCUT2D eigenvalue weighted by atomic mass is 10.0. The van der Waals surface area contributed by atoms with Gasteiger partial charge in [0.05, 0.1) is 10.6 Å². The van der Waals surface area contributed by atoms with Gasteiger partial charge in [0.25, 0.3) is 10.0 Å². The van der Waals surface area contributed by atoms with Crippen LogP contribution in [0.3, 0.4) is 0 Å². The highest BCUT2D eigenvalue weighted by Gasteiger charge is 2.29. The monoisotopic (exact) mass is 461 g/mol. The smallest absolute Gasteiger partial charge is 0.308 e. The number of sulfonamides is 1. The van der Waals surface area contributed by atoms with Crippen molar-refractivity contribution < 1.29 is 26.4 Å². The van der Waals surface area contributed by atoms with Gasteiger partial charge < -0.3 is 10.6 Å². The summed E-state index contributed by atoms with van der Waals surface area (Å²) in [5.74, 6) is -2.41. The predicted octanol–water partition coefficient (Wildman–Crippen LogP) is 4.89. The largest absolute Gasteiger partial charge is 0.323 e. The third-order valence-corrected chi connectivity index (χ3v) is 6.85. The van der Waals surface area contributed by atoms with Crippen LogP contribution >= 0.6 is 0 Å². The van der Waals surface area contributed by atoms with E-state index in [0.29, 0.717) is 18.5 Å². The molecule has 32 heavy (non-hydrogen) atoms. The minimum atomic E-state index is -3.96. The van der Waals surface area contributed by atoms with E-state index in [2.05, 4.69) is 10.6 Å². The zero-order chi connectivity index (χ0) is 22.9. The topological polar surface area (TPSA) is 78.5 Å². The number of hydrogen-bond donors (Lipinski definition) is 2. The maximum atomic E-state index is 13.8. The van der Waals surface area contributed by atoms with Gasteiger partial charge in [0.2, 0.25) is 0 Å². The Morgan fingerprint density at radius 2 is 1.59 bits per heavy atom. The highest BCUT2D eigenvalue weighted by molar-refractivity contribution is 7.92. The lowest BCUT2D eigenvalue weighted by Crippen LogP contribution is -2.35. The molecule has 0 spiro atoms. The summed E-state index contributed by atoms with van der Waals surface area (Å²) >= 11 is 0. The number of rotatable bonds is 4. The Morgan fingerprint density at radius 1 is 0.906 bits per heavy atom. The quantitative estimate of drug-likeness (QED) is 0.581. The van der Waals surface area contributed by atoms with Crippen molar-refractivity contribution in [2.45, 2.75) is 17.7 Å². The van der Waals surface area contributed by atoms with E-state index in [1.807, 2.05) is 0 Å². The van der Waals surface area contributed by atoms with Crippen molar-refractivity contribution in [2.75, 3.05) is 21.5 Å². The summed E-state index contributed by atoms with van der Waals surface area (Å²) in [6.45, 7) is 0.211. The van der Waals surface area contributed by atoms with Crippen LogP contribution < -0.4 is 14.9 Å². The minimum absolute atomic E-state index is 0.0575. The van der Waals surface area contributed by atoms with Crippen LogP contribution in [-0.4, -0.2) is 21.0 Å². The lowest BCUT2D eigenvalue weighted by molar-refractivity contribution is 0.262. The molecular formula is C22H18F3N3O3S. The molecule has 0 atom stereocenters. The van der Waals surface area contributed by atoms with Gasteiger partial charge in [-0.2, -0.15) is 0 Å². The van der Waals surface area contributed by atoms with Crippen molar-refractivity contribution in [2.24, 2.45) is 0 Å². The summed E-state index contributed by atoms with van der Waals surface area (Å²) in [6.07, 6.45) is 1.23. The molecule has 10 heteroatoms. The molecule has 6 nitrogen and oxygen atoms in total. The standard InChI is InChI=1S/C22H18F3N3O3S/c23-15-7-10-17(11-8-15)32(30,31)28-12-2-3-14-6-9-16(13-20(14)28)26-22(29)27-21-18(24)4-1-5-19(21)25/h1,4-11,13H,2-3,12H2,(H2,26,27,29). The van der Waals surface area contributed by atoms with Gasteiger partial charge >= 0.3 is 6.03 Å². The summed E-state index contributed by atoms with van der Waals surface area (Å²) in [7, 11) is -3.96. The second-order valence-electron chi connectivity index (χ2n) is 7.15. The Kier molecular flexibility index (Phi) is 5.79.